The molecule has 14 heterocycles. The fraction of sp³-hybridized carbons (Fsp3) is 0.544. The van der Waals surface area contributed by atoms with E-state index in [0.29, 0.717) is 123 Å². The number of benzene rings is 3. The van der Waals surface area contributed by atoms with Crippen molar-refractivity contribution in [3.8, 4) is 17.2 Å². The smallest absolute Gasteiger partial charge is 0.408 e. The third-order valence-electron chi connectivity index (χ3n) is 21.4. The van der Waals surface area contributed by atoms with Gasteiger partial charge in [0.1, 0.15) is 97.8 Å². The Bertz CT molecular complexity index is 4680. The largest absolute Gasteiger partial charge is 0.485 e. The lowest BCUT2D eigenvalue weighted by Crippen LogP contribution is -2.54. The van der Waals surface area contributed by atoms with Crippen LogP contribution in [0.3, 0.4) is 0 Å². The highest BCUT2D eigenvalue weighted by molar-refractivity contribution is 14.1. The highest BCUT2D eigenvalue weighted by Crippen LogP contribution is 2.52. The van der Waals surface area contributed by atoms with Gasteiger partial charge in [0.25, 0.3) is 0 Å². The number of alkyl carbamates (subject to hydrolysis) is 2. The zero-order chi connectivity index (χ0) is 77.3. The molecule has 5 fully saturated rings. The van der Waals surface area contributed by atoms with Crippen LogP contribution >= 0.6 is 22.6 Å². The maximum Gasteiger partial charge on any atom is 0.408 e. The molecule has 6 N–H and O–H groups in total. The Morgan fingerprint density at radius 1 is 0.591 bits per heavy atom. The number of nitrogens with one attached hydrogen (secondary N) is 2. The molecule has 5 aromatic heterocycles. The summed E-state index contributed by atoms with van der Waals surface area (Å²) in [5.74, 6) is 4.10. The second kappa shape index (κ2) is 32.3. The zero-order valence-corrected chi connectivity index (χ0v) is 66.2. The quantitative estimate of drug-likeness (QED) is 0.0456. The number of anilines is 3. The number of aliphatic imine (C=N–C) groups is 1. The lowest BCUT2D eigenvalue weighted by Gasteiger charge is -2.42. The monoisotopic (exact) mass is 1620 g/mol. The van der Waals surface area contributed by atoms with E-state index in [1.807, 2.05) is 131 Å². The number of aliphatic hydroxyl groups excluding tert-OH is 2. The molecule has 17 rings (SSSR count). The molecule has 2 unspecified atom stereocenters. The van der Waals surface area contributed by atoms with Crippen LogP contribution in [0.2, 0.25) is 0 Å². The molecule has 0 saturated carbocycles. The molecule has 8 aromatic rings. The fourth-order valence-corrected chi connectivity index (χ4v) is 16.8. The Balaban J connectivity index is 0.000000140. The molecule has 586 valence electrons. The highest BCUT2D eigenvalue weighted by atomic mass is 127. The van der Waals surface area contributed by atoms with Crippen LogP contribution in [0.15, 0.2) is 84.0 Å². The van der Waals surface area contributed by atoms with Crippen LogP contribution < -0.4 is 45.3 Å². The molecule has 31 heteroatoms. The normalized spacial score (nSPS) is 21.7. The van der Waals surface area contributed by atoms with Gasteiger partial charge in [-0.2, -0.15) is 10.2 Å². The molecule has 9 aliphatic heterocycles. The summed E-state index contributed by atoms with van der Waals surface area (Å²) in [7, 11) is 0. The minimum Gasteiger partial charge on any atom is -0.485 e. The highest BCUT2D eigenvalue weighted by Gasteiger charge is 2.54. The van der Waals surface area contributed by atoms with Crippen LogP contribution in [0.5, 0.6) is 17.2 Å². The summed E-state index contributed by atoms with van der Waals surface area (Å²) in [5, 5.41) is 35.3. The number of rotatable bonds is 11. The first-order chi connectivity index (χ1) is 53.0. The minimum atomic E-state index is -0.655. The van der Waals surface area contributed by atoms with Gasteiger partial charge in [-0.25, -0.2) is 48.9 Å². The number of hydrogen-bond acceptors (Lipinski definition) is 26. The first-order valence-corrected chi connectivity index (χ1v) is 39.6. The van der Waals surface area contributed by atoms with Crippen molar-refractivity contribution in [1.82, 2.24) is 60.1 Å². The van der Waals surface area contributed by atoms with Crippen LogP contribution in [0.4, 0.5) is 27.0 Å². The molecule has 0 radical (unpaired) electrons. The average molecular weight is 1620 g/mol. The van der Waals surface area contributed by atoms with Gasteiger partial charge < -0.3 is 79.2 Å². The number of esters is 1. The van der Waals surface area contributed by atoms with Gasteiger partial charge in [-0.1, -0.05) is 68.4 Å². The third-order valence-corrected chi connectivity index (χ3v) is 22.1. The van der Waals surface area contributed by atoms with Crippen LogP contribution in [-0.2, 0) is 54.8 Å². The van der Waals surface area contributed by atoms with E-state index in [4.69, 9.17) is 73.6 Å². The maximum absolute atomic E-state index is 12.9. The number of hydrogen-bond donors (Lipinski definition) is 5. The number of ether oxygens (including phenoxy) is 8. The molecule has 0 bridgehead atoms. The van der Waals surface area contributed by atoms with Crippen molar-refractivity contribution < 1.29 is 62.5 Å². The second-order valence-electron chi connectivity index (χ2n) is 30.9. The molecule has 9 aliphatic rings. The molecule has 30 nitrogen and oxygen atoms in total. The summed E-state index contributed by atoms with van der Waals surface area (Å²) in [6.45, 7) is 22.0. The number of halogens is 1. The Labute approximate surface area is 653 Å². The van der Waals surface area contributed by atoms with Crippen LogP contribution in [0, 0.1) is 3.70 Å². The van der Waals surface area contributed by atoms with Gasteiger partial charge in [-0.15, -0.1) is 0 Å². The fourth-order valence-electron chi connectivity index (χ4n) is 16.2. The zero-order valence-electron chi connectivity index (χ0n) is 64.0. The first-order valence-electron chi connectivity index (χ1n) is 38.5. The Morgan fingerprint density at radius 3 is 1.55 bits per heavy atom. The maximum atomic E-state index is 12.9. The summed E-state index contributed by atoms with van der Waals surface area (Å²) >= 11 is 2.17. The molecule has 110 heavy (non-hydrogen) atoms. The lowest BCUT2D eigenvalue weighted by molar-refractivity contribution is -0.142. The summed E-state index contributed by atoms with van der Waals surface area (Å²) in [6, 6.07) is 22.8. The summed E-state index contributed by atoms with van der Waals surface area (Å²) in [5.41, 5.74) is 12.6. The van der Waals surface area contributed by atoms with Crippen molar-refractivity contribution in [3.63, 3.8) is 0 Å². The number of aliphatic hydroxyl groups is 2. The van der Waals surface area contributed by atoms with E-state index in [9.17, 15) is 24.6 Å². The Hall–Kier alpha value is -9.15. The molecule has 3 aromatic carbocycles. The number of nitrogens with zero attached hydrogens (tertiary/aromatic N) is 14. The molecule has 5 atom stereocenters. The van der Waals surface area contributed by atoms with Crippen molar-refractivity contribution in [2.45, 2.75) is 224 Å². The molecular formula is C79H100IN17O13. The Kier molecular flexibility index (Phi) is 22.8. The van der Waals surface area contributed by atoms with Gasteiger partial charge in [0.15, 0.2) is 44.9 Å². The summed E-state index contributed by atoms with van der Waals surface area (Å²) < 4.78 is 52.4. The number of nitrogens with two attached hydrogens (primary N) is 1. The predicted octanol–water partition coefficient (Wildman–Crippen LogP) is 11.6. The summed E-state index contributed by atoms with van der Waals surface area (Å²) in [6.07, 6.45) is 12.2. The van der Waals surface area contributed by atoms with E-state index in [1.54, 1.807) is 12.4 Å². The number of amides is 2. The molecule has 0 aliphatic carbocycles. The standard InChI is InChI=1S/C30H37IN6O6.C28H36N6O5.C19H21N5O2.C2H6/c1-18(38)41-17-20-26(34-27-23(32-20)25(31)35-37(27)22-11-7-8-16-40-22)36-14-12-30(13-15-36)24(33-28(39)43-29(2,3)4)19-9-5-6-10-21(19)42-30;1-27(2,3)39-26(36)31-23-18-8-4-5-9-21(18)38-28(23)11-13-33(14-12-28)24-20(17-35)30-19-16-29-34(25(19)32-24)22-10-6-7-15-37-22;20-17-12-3-1-2-4-16(12)26-19(17)5-7-24(8-6-19)18-15(11-25)22-13-9-21-10-14(13)23-18;1-2/h5-6,9-10,22,24H,7-8,11-17H2,1-4H3,(H,33,39);4-5,8-9,16,22-23,35H,6-7,10-15,17H2,1-3H3,(H,31,36);1-4,9,17,25H,5-8,10-11,20H2;1-2H3/t22?,24-;22?,23-;17-;/m111./s1. The molecule has 3 spiro atoms. The number of piperidine rings is 3. The number of fused-ring (bicyclic) bond motifs is 6. The van der Waals surface area contributed by atoms with Gasteiger partial charge in [0.05, 0.1) is 37.7 Å². The van der Waals surface area contributed by atoms with Crippen LogP contribution in [-0.4, -0.2) is 165 Å². The number of aromatic nitrogens is 10. The third kappa shape index (κ3) is 16.0. The minimum absolute atomic E-state index is 0.00119. The predicted molar refractivity (Wildman–Crippen MR) is 418 cm³/mol. The SMILES string of the molecule is CC.CC(=O)OCc1nc2c(I)nn(C3CCCCO3)c2nc1N1CCC2(CC1)Oc1ccccc1[C@H]2NC(=O)OC(C)(C)C.CC(C)(C)OC(=O)N[C@@H]1c2ccccc2OC12CCN(c1nc3c(cnn3C3CCCCO3)nc1CO)CC2.N[C@@H]1c2ccccc2OC12CCN(c1nc3c(nc1CO)C=NC3)CC2. The van der Waals surface area contributed by atoms with E-state index in [0.717, 1.165) is 119 Å². The first kappa shape index (κ1) is 77.6. The molecule has 5 saturated heterocycles. The van der Waals surface area contributed by atoms with E-state index in [2.05, 4.69) is 69.1 Å². The van der Waals surface area contributed by atoms with Gasteiger partial charge in [-0.05, 0) is 121 Å². The lowest BCUT2D eigenvalue weighted by atomic mass is 9.82. The van der Waals surface area contributed by atoms with Crippen LogP contribution in [0.1, 0.15) is 215 Å². The van der Waals surface area contributed by atoms with Gasteiger partial charge in [0.2, 0.25) is 0 Å². The number of para-hydroxylation sites is 3. The van der Waals surface area contributed by atoms with Gasteiger partial charge in [-0.3, -0.25) is 9.79 Å². The number of carbonyl (C=O) groups is 3. The van der Waals surface area contributed by atoms with Gasteiger partial charge >= 0.3 is 18.2 Å². The van der Waals surface area contributed by atoms with Crippen molar-refractivity contribution in [3.05, 3.63) is 128 Å². The van der Waals surface area contributed by atoms with Crippen LogP contribution in [0.25, 0.3) is 22.3 Å². The van der Waals surface area contributed by atoms with Crippen molar-refractivity contribution in [1.29, 1.82) is 0 Å². The van der Waals surface area contributed by atoms with Crippen molar-refractivity contribution >= 4 is 86.7 Å². The van der Waals surface area contributed by atoms with E-state index in [1.165, 1.54) is 6.92 Å². The van der Waals surface area contributed by atoms with E-state index in [-0.39, 0.29) is 62.0 Å². The average Bonchev–Trinajstić information content (AvgIpc) is 1.56. The Morgan fingerprint density at radius 2 is 1.05 bits per heavy atom. The van der Waals surface area contributed by atoms with Gasteiger partial charge in [0, 0.05) is 121 Å². The second-order valence-corrected chi connectivity index (χ2v) is 32.0. The molecule has 2 amide bonds. The van der Waals surface area contributed by atoms with Crippen molar-refractivity contribution in [2.75, 3.05) is 67.2 Å². The number of carbonyl (C=O) groups excluding carboxylic acids is 3. The topological polar surface area (TPSA) is 351 Å². The molecular weight excluding hydrogens is 1520 g/mol. The van der Waals surface area contributed by atoms with Crippen molar-refractivity contribution in [2.24, 2.45) is 10.7 Å². The van der Waals surface area contributed by atoms with E-state index < -0.39 is 34.6 Å². The van der Waals surface area contributed by atoms with E-state index >= 15 is 0 Å². The summed E-state index contributed by atoms with van der Waals surface area (Å²) in [4.78, 5) is 77.1.